The minimum Gasteiger partial charge on any atom is -0.352 e. The van der Waals surface area contributed by atoms with Gasteiger partial charge >= 0.3 is 0 Å². The maximum Gasteiger partial charge on any atom is 0.225 e. The van der Waals surface area contributed by atoms with Crippen LogP contribution in [0.1, 0.15) is 6.92 Å². The van der Waals surface area contributed by atoms with Crippen molar-refractivity contribution in [2.24, 2.45) is 0 Å². The molecule has 1 saturated heterocycles. The van der Waals surface area contributed by atoms with E-state index in [9.17, 15) is 4.39 Å². The highest BCUT2D eigenvalue weighted by Gasteiger charge is 2.26. The summed E-state index contributed by atoms with van der Waals surface area (Å²) in [7, 11) is 0. The van der Waals surface area contributed by atoms with E-state index in [0.29, 0.717) is 5.95 Å². The second kappa shape index (κ2) is 5.88. The van der Waals surface area contributed by atoms with E-state index < -0.39 is 5.82 Å². The maximum atomic E-state index is 12.9. The summed E-state index contributed by atoms with van der Waals surface area (Å²) in [6.45, 7) is 4.42. The molecule has 2 aromatic rings. The molecule has 0 bridgehead atoms. The van der Waals surface area contributed by atoms with Crippen molar-refractivity contribution in [2.75, 3.05) is 29.4 Å². The van der Waals surface area contributed by atoms with Gasteiger partial charge in [-0.3, -0.25) is 0 Å². The maximum absolute atomic E-state index is 12.9. The minimum atomic E-state index is -0.421. The highest BCUT2D eigenvalue weighted by atomic mass is 79.9. The fourth-order valence-electron chi connectivity index (χ4n) is 2.39. The van der Waals surface area contributed by atoms with Crippen LogP contribution in [0.15, 0.2) is 29.4 Å². The van der Waals surface area contributed by atoms with Crippen LogP contribution in [0.4, 0.5) is 16.2 Å². The molecule has 21 heavy (non-hydrogen) atoms. The number of anilines is 2. The quantitative estimate of drug-likeness (QED) is 0.822. The van der Waals surface area contributed by atoms with Crippen molar-refractivity contribution in [3.05, 3.63) is 35.2 Å². The SMILES string of the molecule is C[C@H]1CN(c2cnc(Br)cn2)CCN1c1ncc(F)cn1. The van der Waals surface area contributed by atoms with E-state index in [1.54, 1.807) is 12.4 Å². The first-order valence-electron chi connectivity index (χ1n) is 6.60. The summed E-state index contributed by atoms with van der Waals surface area (Å²) in [5.74, 6) is 0.991. The fourth-order valence-corrected chi connectivity index (χ4v) is 2.59. The molecule has 8 heteroatoms. The van der Waals surface area contributed by atoms with Crippen LogP contribution in [0.2, 0.25) is 0 Å². The molecule has 0 radical (unpaired) electrons. The Morgan fingerprint density at radius 1 is 1.10 bits per heavy atom. The number of nitrogens with zero attached hydrogens (tertiary/aromatic N) is 6. The largest absolute Gasteiger partial charge is 0.352 e. The molecule has 3 heterocycles. The predicted molar refractivity (Wildman–Crippen MR) is 80.7 cm³/mol. The second-order valence-corrected chi connectivity index (χ2v) is 5.70. The Morgan fingerprint density at radius 2 is 1.86 bits per heavy atom. The van der Waals surface area contributed by atoms with Crippen molar-refractivity contribution in [2.45, 2.75) is 13.0 Å². The van der Waals surface area contributed by atoms with E-state index >= 15 is 0 Å². The summed E-state index contributed by atoms with van der Waals surface area (Å²) in [5, 5.41) is 0. The lowest BCUT2D eigenvalue weighted by Crippen LogP contribution is -2.53. The normalized spacial score (nSPS) is 18.9. The van der Waals surface area contributed by atoms with Crippen LogP contribution in [0.5, 0.6) is 0 Å². The number of hydrogen-bond donors (Lipinski definition) is 0. The molecule has 0 saturated carbocycles. The van der Waals surface area contributed by atoms with Gasteiger partial charge in [0.2, 0.25) is 5.95 Å². The molecular formula is C13H14BrFN6. The summed E-state index contributed by atoms with van der Waals surface area (Å²) in [4.78, 5) is 20.9. The van der Waals surface area contributed by atoms with E-state index in [1.165, 1.54) is 12.4 Å². The Balaban J connectivity index is 1.72. The molecule has 1 aliphatic heterocycles. The fraction of sp³-hybridized carbons (Fsp3) is 0.385. The van der Waals surface area contributed by atoms with Crippen molar-refractivity contribution >= 4 is 27.7 Å². The zero-order chi connectivity index (χ0) is 14.8. The third kappa shape index (κ3) is 3.10. The van der Waals surface area contributed by atoms with Gasteiger partial charge in [0.15, 0.2) is 5.82 Å². The monoisotopic (exact) mass is 352 g/mol. The molecule has 1 atom stereocenters. The van der Waals surface area contributed by atoms with Crippen LogP contribution in [-0.2, 0) is 0 Å². The first kappa shape index (κ1) is 14.1. The number of rotatable bonds is 2. The molecule has 0 unspecified atom stereocenters. The van der Waals surface area contributed by atoms with Crippen molar-refractivity contribution in [3.8, 4) is 0 Å². The third-order valence-corrected chi connectivity index (χ3v) is 3.83. The lowest BCUT2D eigenvalue weighted by Gasteiger charge is -2.40. The Labute approximate surface area is 130 Å². The summed E-state index contributed by atoms with van der Waals surface area (Å²) in [5.41, 5.74) is 0. The van der Waals surface area contributed by atoms with Crippen LogP contribution in [0.25, 0.3) is 0 Å². The second-order valence-electron chi connectivity index (χ2n) is 4.89. The zero-order valence-electron chi connectivity index (χ0n) is 11.4. The van der Waals surface area contributed by atoms with E-state index in [1.807, 2.05) is 0 Å². The van der Waals surface area contributed by atoms with Gasteiger partial charge in [0, 0.05) is 25.7 Å². The Morgan fingerprint density at radius 3 is 2.48 bits per heavy atom. The van der Waals surface area contributed by atoms with E-state index in [0.717, 1.165) is 30.1 Å². The lowest BCUT2D eigenvalue weighted by atomic mass is 10.2. The molecule has 6 nitrogen and oxygen atoms in total. The average Bonchev–Trinajstić information content (AvgIpc) is 2.49. The van der Waals surface area contributed by atoms with Crippen molar-refractivity contribution in [1.29, 1.82) is 0 Å². The average molecular weight is 353 g/mol. The first-order valence-corrected chi connectivity index (χ1v) is 7.39. The Kier molecular flexibility index (Phi) is 3.96. The molecule has 0 spiro atoms. The summed E-state index contributed by atoms with van der Waals surface area (Å²) in [6, 6.07) is 0.203. The van der Waals surface area contributed by atoms with Crippen molar-refractivity contribution < 1.29 is 4.39 Å². The standard InChI is InChI=1S/C13H14BrFN6/c1-9-8-20(12-7-16-11(14)6-17-12)2-3-21(9)13-18-4-10(15)5-19-13/h4-7,9H,2-3,8H2,1H3/t9-/m0/s1. The number of aromatic nitrogens is 4. The van der Waals surface area contributed by atoms with Crippen LogP contribution in [0, 0.1) is 5.82 Å². The van der Waals surface area contributed by atoms with Crippen LogP contribution >= 0.6 is 15.9 Å². The summed E-state index contributed by atoms with van der Waals surface area (Å²) in [6.07, 6.45) is 5.83. The van der Waals surface area contributed by atoms with E-state index in [4.69, 9.17) is 0 Å². The van der Waals surface area contributed by atoms with Gasteiger partial charge in [-0.2, -0.15) is 0 Å². The highest BCUT2D eigenvalue weighted by molar-refractivity contribution is 9.10. The van der Waals surface area contributed by atoms with Gasteiger partial charge in [-0.05, 0) is 22.9 Å². The molecule has 2 aromatic heterocycles. The molecule has 0 N–H and O–H groups in total. The molecule has 1 fully saturated rings. The topological polar surface area (TPSA) is 58.0 Å². The van der Waals surface area contributed by atoms with Crippen LogP contribution in [-0.4, -0.2) is 45.6 Å². The smallest absolute Gasteiger partial charge is 0.225 e. The van der Waals surface area contributed by atoms with Gasteiger partial charge in [-0.15, -0.1) is 0 Å². The van der Waals surface area contributed by atoms with Gasteiger partial charge in [0.1, 0.15) is 10.4 Å². The number of piperazine rings is 1. The van der Waals surface area contributed by atoms with Crippen LogP contribution < -0.4 is 9.80 Å². The lowest BCUT2D eigenvalue weighted by molar-refractivity contribution is 0.533. The third-order valence-electron chi connectivity index (χ3n) is 3.42. The Hall–Kier alpha value is -1.83. The van der Waals surface area contributed by atoms with Gasteiger partial charge in [0.05, 0.1) is 24.8 Å². The summed E-state index contributed by atoms with van der Waals surface area (Å²) < 4.78 is 13.6. The molecule has 110 valence electrons. The molecule has 3 rings (SSSR count). The molecular weight excluding hydrogens is 339 g/mol. The van der Waals surface area contributed by atoms with Gasteiger partial charge in [-0.1, -0.05) is 0 Å². The van der Waals surface area contributed by atoms with Gasteiger partial charge < -0.3 is 9.80 Å². The predicted octanol–water partition coefficient (Wildman–Crippen LogP) is 1.88. The minimum absolute atomic E-state index is 0.203. The molecule has 0 aromatic carbocycles. The van der Waals surface area contributed by atoms with Gasteiger partial charge in [0.25, 0.3) is 0 Å². The van der Waals surface area contributed by atoms with Crippen LogP contribution in [0.3, 0.4) is 0 Å². The highest BCUT2D eigenvalue weighted by Crippen LogP contribution is 2.20. The van der Waals surface area contributed by atoms with Crippen molar-refractivity contribution in [1.82, 2.24) is 19.9 Å². The first-order chi connectivity index (χ1) is 10.1. The number of halogens is 2. The molecule has 0 amide bonds. The molecule has 0 aliphatic carbocycles. The Bertz CT molecular complexity index is 605. The van der Waals surface area contributed by atoms with E-state index in [2.05, 4.69) is 52.6 Å². The van der Waals surface area contributed by atoms with E-state index in [-0.39, 0.29) is 6.04 Å². The molecule has 1 aliphatic rings. The van der Waals surface area contributed by atoms with Crippen molar-refractivity contribution in [3.63, 3.8) is 0 Å². The van der Waals surface area contributed by atoms with Gasteiger partial charge in [-0.25, -0.2) is 24.3 Å². The summed E-state index contributed by atoms with van der Waals surface area (Å²) >= 11 is 3.28. The zero-order valence-corrected chi connectivity index (χ0v) is 13.0. The number of hydrogen-bond acceptors (Lipinski definition) is 6.